The zero-order chi connectivity index (χ0) is 37.3. The summed E-state index contributed by atoms with van der Waals surface area (Å²) in [4.78, 5) is 2.45. The molecular formula is C54H38N2. The molecule has 0 bridgehead atoms. The van der Waals surface area contributed by atoms with E-state index < -0.39 is 0 Å². The molecule has 0 aliphatic heterocycles. The van der Waals surface area contributed by atoms with Gasteiger partial charge in [-0.1, -0.05) is 188 Å². The molecule has 264 valence electrons. The van der Waals surface area contributed by atoms with Crippen molar-refractivity contribution in [1.29, 1.82) is 0 Å². The van der Waals surface area contributed by atoms with E-state index in [1.165, 1.54) is 55.3 Å². The minimum atomic E-state index is 1.09. The van der Waals surface area contributed by atoms with Crippen molar-refractivity contribution in [2.75, 3.05) is 4.90 Å². The third kappa shape index (κ3) is 5.95. The molecule has 0 fully saturated rings. The Hall–Kier alpha value is -7.42. The van der Waals surface area contributed by atoms with Crippen molar-refractivity contribution in [2.24, 2.45) is 0 Å². The first-order valence-corrected chi connectivity index (χ1v) is 19.2. The van der Waals surface area contributed by atoms with Gasteiger partial charge in [0.15, 0.2) is 0 Å². The van der Waals surface area contributed by atoms with Gasteiger partial charge in [-0.25, -0.2) is 0 Å². The zero-order valence-electron chi connectivity index (χ0n) is 30.8. The van der Waals surface area contributed by atoms with Crippen LogP contribution in [0.1, 0.15) is 0 Å². The van der Waals surface area contributed by atoms with Crippen LogP contribution in [0.2, 0.25) is 0 Å². The largest absolute Gasteiger partial charge is 0.309 e. The molecule has 2 nitrogen and oxygen atoms in total. The molecular weight excluding hydrogens is 677 g/mol. The fraction of sp³-hybridized carbons (Fsp3) is 0. The van der Waals surface area contributed by atoms with Crippen LogP contribution in [-0.4, -0.2) is 4.57 Å². The Morgan fingerprint density at radius 3 is 1.46 bits per heavy atom. The summed E-state index contributed by atoms with van der Waals surface area (Å²) in [7, 11) is 0. The Morgan fingerprint density at radius 1 is 0.304 bits per heavy atom. The topological polar surface area (TPSA) is 8.17 Å². The quantitative estimate of drug-likeness (QED) is 0.152. The molecule has 1 heterocycles. The Labute approximate surface area is 327 Å². The van der Waals surface area contributed by atoms with E-state index in [1.807, 2.05) is 0 Å². The molecule has 9 aromatic carbocycles. The Morgan fingerprint density at radius 2 is 0.786 bits per heavy atom. The number of hydrogen-bond acceptors (Lipinski definition) is 1. The lowest BCUT2D eigenvalue weighted by atomic mass is 9.98. The van der Waals surface area contributed by atoms with Crippen molar-refractivity contribution >= 4 is 38.9 Å². The second-order valence-electron chi connectivity index (χ2n) is 14.1. The van der Waals surface area contributed by atoms with Crippen LogP contribution in [0, 0.1) is 0 Å². The van der Waals surface area contributed by atoms with Crippen LogP contribution in [0.5, 0.6) is 0 Å². The van der Waals surface area contributed by atoms with Gasteiger partial charge < -0.3 is 9.47 Å². The van der Waals surface area contributed by atoms with E-state index in [2.05, 4.69) is 240 Å². The first-order chi connectivity index (χ1) is 27.8. The van der Waals surface area contributed by atoms with Gasteiger partial charge in [0.05, 0.1) is 28.1 Å². The molecule has 1 aromatic heterocycles. The van der Waals surface area contributed by atoms with Crippen LogP contribution in [0.3, 0.4) is 0 Å². The first-order valence-electron chi connectivity index (χ1n) is 19.2. The molecule has 0 spiro atoms. The molecule has 0 saturated heterocycles. The maximum absolute atomic E-state index is 2.47. The van der Waals surface area contributed by atoms with Gasteiger partial charge in [0.2, 0.25) is 0 Å². The van der Waals surface area contributed by atoms with Crippen molar-refractivity contribution < 1.29 is 0 Å². The average Bonchev–Trinajstić information content (AvgIpc) is 3.63. The molecule has 0 atom stereocenters. The van der Waals surface area contributed by atoms with Gasteiger partial charge >= 0.3 is 0 Å². The maximum Gasteiger partial charge on any atom is 0.0562 e. The Kier molecular flexibility index (Phi) is 8.55. The number of anilines is 3. The molecule has 0 saturated carbocycles. The summed E-state index contributed by atoms with van der Waals surface area (Å²) in [6, 6.07) is 83.1. The van der Waals surface area contributed by atoms with E-state index >= 15 is 0 Å². The predicted molar refractivity (Wildman–Crippen MR) is 237 cm³/mol. The minimum Gasteiger partial charge on any atom is -0.309 e. The second-order valence-corrected chi connectivity index (χ2v) is 14.1. The highest BCUT2D eigenvalue weighted by Crippen LogP contribution is 2.47. The lowest BCUT2D eigenvalue weighted by molar-refractivity contribution is 1.18. The van der Waals surface area contributed by atoms with Crippen LogP contribution >= 0.6 is 0 Å². The molecule has 0 amide bonds. The highest BCUT2D eigenvalue weighted by Gasteiger charge is 2.24. The van der Waals surface area contributed by atoms with Crippen LogP contribution in [-0.2, 0) is 0 Å². The molecule has 0 aliphatic carbocycles. The number of hydrogen-bond donors (Lipinski definition) is 0. The van der Waals surface area contributed by atoms with Crippen molar-refractivity contribution in [3.8, 4) is 50.2 Å². The number of benzene rings is 9. The normalized spacial score (nSPS) is 11.2. The van der Waals surface area contributed by atoms with Gasteiger partial charge in [0, 0.05) is 27.6 Å². The number of nitrogens with zero attached hydrogens (tertiary/aromatic N) is 2. The lowest BCUT2D eigenvalue weighted by Gasteiger charge is -2.29. The second kappa shape index (κ2) is 14.4. The van der Waals surface area contributed by atoms with E-state index in [4.69, 9.17) is 0 Å². The van der Waals surface area contributed by atoms with E-state index in [0.29, 0.717) is 0 Å². The predicted octanol–water partition coefficient (Wildman–Crippen LogP) is 14.9. The number of fused-ring (bicyclic) bond motifs is 3. The molecule has 0 N–H and O–H groups in total. The van der Waals surface area contributed by atoms with Crippen LogP contribution in [0.15, 0.2) is 231 Å². The van der Waals surface area contributed by atoms with Crippen LogP contribution in [0.4, 0.5) is 17.1 Å². The van der Waals surface area contributed by atoms with Gasteiger partial charge in [-0.3, -0.25) is 0 Å². The highest BCUT2D eigenvalue weighted by molar-refractivity contribution is 6.17. The number of aromatic nitrogens is 1. The smallest absolute Gasteiger partial charge is 0.0562 e. The van der Waals surface area contributed by atoms with Gasteiger partial charge in [-0.15, -0.1) is 0 Å². The lowest BCUT2D eigenvalue weighted by Crippen LogP contribution is -2.11. The summed E-state index contributed by atoms with van der Waals surface area (Å²) in [6.45, 7) is 0. The Balaban J connectivity index is 1.26. The first kappa shape index (κ1) is 33.2. The minimum absolute atomic E-state index is 1.09. The molecule has 56 heavy (non-hydrogen) atoms. The van der Waals surface area contributed by atoms with Gasteiger partial charge in [-0.2, -0.15) is 0 Å². The monoisotopic (exact) mass is 714 g/mol. The summed E-state index contributed by atoms with van der Waals surface area (Å²) in [5.74, 6) is 0. The van der Waals surface area contributed by atoms with Crippen molar-refractivity contribution in [1.82, 2.24) is 4.57 Å². The van der Waals surface area contributed by atoms with Crippen molar-refractivity contribution in [3.63, 3.8) is 0 Å². The van der Waals surface area contributed by atoms with Crippen molar-refractivity contribution in [2.45, 2.75) is 0 Å². The third-order valence-electron chi connectivity index (χ3n) is 10.8. The molecule has 2 heteroatoms. The summed E-state index contributed by atoms with van der Waals surface area (Å²) in [5.41, 5.74) is 16.2. The molecule has 0 unspecified atom stereocenters. The third-order valence-corrected chi connectivity index (χ3v) is 10.8. The Bertz CT molecular complexity index is 2930. The number of rotatable bonds is 8. The van der Waals surface area contributed by atoms with E-state index in [9.17, 15) is 0 Å². The molecule has 10 aromatic rings. The highest BCUT2D eigenvalue weighted by atomic mass is 15.2. The zero-order valence-corrected chi connectivity index (χ0v) is 30.8. The SMILES string of the molecule is c1ccc(-c2ccc(N(c3ccccc3-c3ccccc3)c3cccc4c3c3ccccc3n4-c3cc(-c4ccccc4)ccc3-c3ccccc3)cc2)cc1. The summed E-state index contributed by atoms with van der Waals surface area (Å²) >= 11 is 0. The van der Waals surface area contributed by atoms with Crippen molar-refractivity contribution in [3.05, 3.63) is 231 Å². The standard InChI is InChI=1S/C54H38N2/c1-5-18-39(19-6-1)41-32-35-45(36-33-41)55(49-28-15-13-26-46(49)42-22-9-3-10-23-42)51-30-17-31-52-54(51)48-27-14-16-29-50(48)56(52)53-38-44(40-20-7-2-8-21-40)34-37-47(53)43-24-11-4-12-25-43/h1-38H. The van der Waals surface area contributed by atoms with E-state index in [1.54, 1.807) is 0 Å². The molecule has 0 aliphatic rings. The average molecular weight is 715 g/mol. The van der Waals surface area contributed by atoms with E-state index in [-0.39, 0.29) is 0 Å². The fourth-order valence-corrected chi connectivity index (χ4v) is 8.21. The van der Waals surface area contributed by atoms with Gasteiger partial charge in [0.1, 0.15) is 0 Å². The molecule has 10 rings (SSSR count). The summed E-state index contributed by atoms with van der Waals surface area (Å²) in [5, 5.41) is 2.40. The summed E-state index contributed by atoms with van der Waals surface area (Å²) < 4.78 is 2.47. The van der Waals surface area contributed by atoms with E-state index in [0.717, 1.165) is 33.8 Å². The van der Waals surface area contributed by atoms with Crippen LogP contribution in [0.25, 0.3) is 72.0 Å². The van der Waals surface area contributed by atoms with Gasteiger partial charge in [-0.05, 0) is 75.8 Å². The fourth-order valence-electron chi connectivity index (χ4n) is 8.21. The maximum atomic E-state index is 2.47. The molecule has 0 radical (unpaired) electrons. The number of para-hydroxylation sites is 2. The van der Waals surface area contributed by atoms with Gasteiger partial charge in [0.25, 0.3) is 0 Å². The summed E-state index contributed by atoms with van der Waals surface area (Å²) in [6.07, 6.45) is 0. The van der Waals surface area contributed by atoms with Crippen LogP contribution < -0.4 is 4.90 Å².